The first-order valence-electron chi connectivity index (χ1n) is 10.3. The van der Waals surface area contributed by atoms with Gasteiger partial charge in [-0.25, -0.2) is 15.0 Å². The lowest BCUT2D eigenvalue weighted by atomic mass is 10.1. The fourth-order valence-electron chi connectivity index (χ4n) is 3.28. The molecule has 160 valence electrons. The van der Waals surface area contributed by atoms with Gasteiger partial charge in [-0.3, -0.25) is 4.79 Å². The Kier molecular flexibility index (Phi) is 6.36. The summed E-state index contributed by atoms with van der Waals surface area (Å²) in [5, 5.41) is 9.27. The van der Waals surface area contributed by atoms with Crippen LogP contribution in [0.25, 0.3) is 11.3 Å². The SMILES string of the molecule is CNC(=O)c1ccc(-c2ccnc(Nc3ccnc(N[C@@H](C)c4ccccc4)c3)n2)cc1. The summed E-state index contributed by atoms with van der Waals surface area (Å²) < 4.78 is 0. The van der Waals surface area contributed by atoms with Crippen LogP contribution in [0.5, 0.6) is 0 Å². The van der Waals surface area contributed by atoms with E-state index in [-0.39, 0.29) is 11.9 Å². The Morgan fingerprint density at radius 2 is 1.66 bits per heavy atom. The molecule has 0 radical (unpaired) electrons. The van der Waals surface area contributed by atoms with E-state index in [1.807, 2.05) is 48.5 Å². The van der Waals surface area contributed by atoms with Crippen molar-refractivity contribution in [1.29, 1.82) is 0 Å². The van der Waals surface area contributed by atoms with Gasteiger partial charge in [0.05, 0.1) is 5.69 Å². The van der Waals surface area contributed by atoms with Gasteiger partial charge in [0.25, 0.3) is 5.91 Å². The first-order chi connectivity index (χ1) is 15.6. The number of nitrogens with one attached hydrogen (secondary N) is 3. The van der Waals surface area contributed by atoms with Crippen molar-refractivity contribution in [3.63, 3.8) is 0 Å². The van der Waals surface area contributed by atoms with Gasteiger partial charge >= 0.3 is 0 Å². The molecule has 4 aromatic rings. The monoisotopic (exact) mass is 424 g/mol. The van der Waals surface area contributed by atoms with Crippen LogP contribution in [0.4, 0.5) is 17.5 Å². The summed E-state index contributed by atoms with van der Waals surface area (Å²) in [5.41, 5.74) is 4.28. The van der Waals surface area contributed by atoms with E-state index in [1.54, 1.807) is 31.6 Å². The van der Waals surface area contributed by atoms with Crippen LogP contribution < -0.4 is 16.0 Å². The van der Waals surface area contributed by atoms with Crippen LogP contribution in [0, 0.1) is 0 Å². The minimum Gasteiger partial charge on any atom is -0.363 e. The van der Waals surface area contributed by atoms with Crippen molar-refractivity contribution >= 4 is 23.4 Å². The summed E-state index contributed by atoms with van der Waals surface area (Å²) in [6.45, 7) is 2.10. The van der Waals surface area contributed by atoms with Crippen LogP contribution >= 0.6 is 0 Å². The van der Waals surface area contributed by atoms with Crippen LogP contribution in [0.15, 0.2) is 85.2 Å². The Morgan fingerprint density at radius 3 is 2.41 bits per heavy atom. The number of carbonyl (C=O) groups is 1. The Bertz CT molecular complexity index is 1190. The molecule has 7 nitrogen and oxygen atoms in total. The molecule has 1 amide bonds. The molecule has 0 spiro atoms. The highest BCUT2D eigenvalue weighted by Gasteiger charge is 2.08. The van der Waals surface area contributed by atoms with E-state index in [9.17, 15) is 4.79 Å². The normalized spacial score (nSPS) is 11.4. The number of nitrogens with zero attached hydrogens (tertiary/aromatic N) is 3. The molecule has 32 heavy (non-hydrogen) atoms. The number of anilines is 3. The number of aromatic nitrogens is 3. The third-order valence-electron chi connectivity index (χ3n) is 5.01. The van der Waals surface area contributed by atoms with Crippen molar-refractivity contribution in [3.8, 4) is 11.3 Å². The molecule has 7 heteroatoms. The molecule has 0 aliphatic rings. The molecule has 2 aromatic heterocycles. The Hall–Kier alpha value is -4.26. The predicted molar refractivity (Wildman–Crippen MR) is 127 cm³/mol. The van der Waals surface area contributed by atoms with Crippen LogP contribution in [0.2, 0.25) is 0 Å². The summed E-state index contributed by atoms with van der Waals surface area (Å²) >= 11 is 0. The van der Waals surface area contributed by atoms with E-state index >= 15 is 0 Å². The quantitative estimate of drug-likeness (QED) is 0.394. The van der Waals surface area contributed by atoms with Crippen LogP contribution in [0.3, 0.4) is 0 Å². The predicted octanol–water partition coefficient (Wildman–Crippen LogP) is 4.81. The maximum absolute atomic E-state index is 11.7. The third kappa shape index (κ3) is 5.07. The van der Waals surface area contributed by atoms with E-state index in [0.29, 0.717) is 11.5 Å². The minimum absolute atomic E-state index is 0.120. The van der Waals surface area contributed by atoms with Crippen molar-refractivity contribution in [2.24, 2.45) is 0 Å². The van der Waals surface area contributed by atoms with E-state index in [0.717, 1.165) is 22.8 Å². The van der Waals surface area contributed by atoms with Gasteiger partial charge in [-0.1, -0.05) is 42.5 Å². The summed E-state index contributed by atoms with van der Waals surface area (Å²) in [7, 11) is 1.61. The van der Waals surface area contributed by atoms with Gasteiger partial charge in [0, 0.05) is 48.4 Å². The molecule has 3 N–H and O–H groups in total. The topological polar surface area (TPSA) is 91.8 Å². The lowest BCUT2D eigenvalue weighted by molar-refractivity contribution is 0.0963. The number of hydrogen-bond acceptors (Lipinski definition) is 6. The second kappa shape index (κ2) is 9.70. The lowest BCUT2D eigenvalue weighted by Gasteiger charge is -2.15. The van der Waals surface area contributed by atoms with Gasteiger partial charge in [0.1, 0.15) is 5.82 Å². The largest absolute Gasteiger partial charge is 0.363 e. The van der Waals surface area contributed by atoms with Crippen LogP contribution in [0.1, 0.15) is 28.9 Å². The van der Waals surface area contributed by atoms with E-state index < -0.39 is 0 Å². The highest BCUT2D eigenvalue weighted by molar-refractivity contribution is 5.94. The van der Waals surface area contributed by atoms with E-state index in [2.05, 4.69) is 50.0 Å². The molecule has 0 bridgehead atoms. The fraction of sp³-hybridized carbons (Fsp3) is 0.120. The van der Waals surface area contributed by atoms with Crippen LogP contribution in [-0.4, -0.2) is 27.9 Å². The molecule has 1 atom stereocenters. The number of pyridine rings is 1. The summed E-state index contributed by atoms with van der Waals surface area (Å²) in [5.74, 6) is 1.11. The molecule has 0 unspecified atom stereocenters. The van der Waals surface area contributed by atoms with Crippen molar-refractivity contribution in [1.82, 2.24) is 20.3 Å². The van der Waals surface area contributed by atoms with Crippen LogP contribution in [-0.2, 0) is 0 Å². The molecule has 4 rings (SSSR count). The number of amides is 1. The second-order valence-corrected chi connectivity index (χ2v) is 7.25. The Balaban J connectivity index is 1.48. The summed E-state index contributed by atoms with van der Waals surface area (Å²) in [4.78, 5) is 25.1. The molecule has 2 heterocycles. The maximum atomic E-state index is 11.7. The zero-order chi connectivity index (χ0) is 22.3. The number of hydrogen-bond donors (Lipinski definition) is 3. The highest BCUT2D eigenvalue weighted by atomic mass is 16.1. The van der Waals surface area contributed by atoms with E-state index in [4.69, 9.17) is 0 Å². The smallest absolute Gasteiger partial charge is 0.251 e. The molecule has 0 saturated heterocycles. The molecular weight excluding hydrogens is 400 g/mol. The van der Waals surface area contributed by atoms with Crippen molar-refractivity contribution in [2.45, 2.75) is 13.0 Å². The van der Waals surface area contributed by atoms with Crippen molar-refractivity contribution in [3.05, 3.63) is 96.3 Å². The highest BCUT2D eigenvalue weighted by Crippen LogP contribution is 2.23. The van der Waals surface area contributed by atoms with Gasteiger partial charge in [-0.2, -0.15) is 0 Å². The van der Waals surface area contributed by atoms with E-state index in [1.165, 1.54) is 5.56 Å². The van der Waals surface area contributed by atoms with Crippen molar-refractivity contribution < 1.29 is 4.79 Å². The average Bonchev–Trinajstić information content (AvgIpc) is 2.84. The van der Waals surface area contributed by atoms with Gasteiger partial charge in [0.15, 0.2) is 0 Å². The molecule has 0 saturated carbocycles. The molecule has 0 fully saturated rings. The minimum atomic E-state index is -0.120. The standard InChI is InChI=1S/C25H24N6O/c1-17(18-6-4-3-5-7-18)29-23-16-21(12-14-27-23)30-25-28-15-13-22(31-25)19-8-10-20(11-9-19)24(32)26-2/h3-17H,1-2H3,(H,26,32)(H2,27,28,29,30,31)/t17-/m0/s1. The Labute approximate surface area is 187 Å². The summed E-state index contributed by atoms with van der Waals surface area (Å²) in [6, 6.07) is 23.3. The number of carbonyl (C=O) groups excluding carboxylic acids is 1. The van der Waals surface area contributed by atoms with Gasteiger partial charge in [-0.05, 0) is 36.8 Å². The maximum Gasteiger partial charge on any atom is 0.251 e. The molecule has 2 aromatic carbocycles. The molecular formula is C25H24N6O. The van der Waals surface area contributed by atoms with Crippen molar-refractivity contribution in [2.75, 3.05) is 17.7 Å². The van der Waals surface area contributed by atoms with Gasteiger partial charge in [-0.15, -0.1) is 0 Å². The fourth-order valence-corrected chi connectivity index (χ4v) is 3.28. The Morgan fingerprint density at radius 1 is 0.906 bits per heavy atom. The first-order valence-corrected chi connectivity index (χ1v) is 10.3. The van der Waals surface area contributed by atoms with Gasteiger partial charge < -0.3 is 16.0 Å². The average molecular weight is 425 g/mol. The number of benzene rings is 2. The molecule has 0 aliphatic heterocycles. The summed E-state index contributed by atoms with van der Waals surface area (Å²) in [6.07, 6.45) is 3.44. The zero-order valence-electron chi connectivity index (χ0n) is 17.9. The zero-order valence-corrected chi connectivity index (χ0v) is 17.9. The van der Waals surface area contributed by atoms with Gasteiger partial charge in [0.2, 0.25) is 5.95 Å². The second-order valence-electron chi connectivity index (χ2n) is 7.25. The third-order valence-corrected chi connectivity index (χ3v) is 5.01. The first kappa shape index (κ1) is 21.0. The lowest BCUT2D eigenvalue weighted by Crippen LogP contribution is -2.17. The molecule has 0 aliphatic carbocycles. The number of rotatable bonds is 7.